The molecule has 1 saturated carbocycles. The summed E-state index contributed by atoms with van der Waals surface area (Å²) >= 11 is 0. The minimum atomic E-state index is -2.62. The van der Waals surface area contributed by atoms with Crippen LogP contribution in [0.2, 0.25) is 0 Å². The molecular formula is C12H20F2N2O2. The van der Waals surface area contributed by atoms with Crippen LogP contribution in [0.4, 0.5) is 13.6 Å². The Morgan fingerprint density at radius 2 is 2.17 bits per heavy atom. The molecule has 2 atom stereocenters. The van der Waals surface area contributed by atoms with E-state index in [9.17, 15) is 13.6 Å². The van der Waals surface area contributed by atoms with E-state index in [0.717, 1.165) is 19.4 Å². The summed E-state index contributed by atoms with van der Waals surface area (Å²) in [7, 11) is 0. The van der Waals surface area contributed by atoms with Crippen LogP contribution < -0.4 is 10.6 Å². The molecule has 2 aliphatic rings. The van der Waals surface area contributed by atoms with Crippen molar-refractivity contribution < 1.29 is 18.3 Å². The van der Waals surface area contributed by atoms with Crippen LogP contribution in [0.1, 0.15) is 32.1 Å². The summed E-state index contributed by atoms with van der Waals surface area (Å²) in [6, 6.07) is -0.365. The van der Waals surface area contributed by atoms with E-state index < -0.39 is 11.8 Å². The molecule has 0 aromatic carbocycles. The van der Waals surface area contributed by atoms with E-state index in [2.05, 4.69) is 10.6 Å². The van der Waals surface area contributed by atoms with Crippen molar-refractivity contribution in [2.45, 2.75) is 44.1 Å². The summed E-state index contributed by atoms with van der Waals surface area (Å²) in [4.78, 5) is 11.6. The minimum absolute atomic E-state index is 0.00263. The molecule has 1 aliphatic heterocycles. The van der Waals surface area contributed by atoms with Crippen LogP contribution in [-0.4, -0.2) is 37.8 Å². The van der Waals surface area contributed by atoms with Gasteiger partial charge < -0.3 is 15.4 Å². The maximum absolute atomic E-state index is 13.3. The van der Waals surface area contributed by atoms with Gasteiger partial charge in [-0.25, -0.2) is 13.6 Å². The molecule has 0 radical (unpaired) electrons. The predicted molar refractivity (Wildman–Crippen MR) is 62.7 cm³/mol. The Bertz CT molecular complexity index is 294. The van der Waals surface area contributed by atoms with Crippen LogP contribution in [-0.2, 0) is 4.74 Å². The molecule has 1 unspecified atom stereocenters. The van der Waals surface area contributed by atoms with E-state index in [4.69, 9.17) is 4.74 Å². The highest BCUT2D eigenvalue weighted by atomic mass is 19.3. The Morgan fingerprint density at radius 3 is 2.78 bits per heavy atom. The molecule has 4 nitrogen and oxygen atoms in total. The number of ether oxygens (including phenoxy) is 1. The normalized spacial score (nSPS) is 31.0. The third-order valence-electron chi connectivity index (χ3n) is 3.66. The van der Waals surface area contributed by atoms with Crippen molar-refractivity contribution in [2.24, 2.45) is 5.92 Å². The number of amides is 2. The number of carbonyl (C=O) groups is 1. The standard InChI is InChI=1S/C12H20F2N2O2/c13-12(14)5-1-3-9(12)7-15-11(17)16-10-4-2-6-18-8-10/h9-10H,1-8H2,(H2,15,16,17)/t9?,10-/m0/s1. The van der Waals surface area contributed by atoms with Crippen molar-refractivity contribution in [3.63, 3.8) is 0 Å². The van der Waals surface area contributed by atoms with Crippen molar-refractivity contribution in [3.8, 4) is 0 Å². The first kappa shape index (κ1) is 13.5. The lowest BCUT2D eigenvalue weighted by atomic mass is 10.1. The monoisotopic (exact) mass is 262 g/mol. The van der Waals surface area contributed by atoms with Crippen LogP contribution in [0.3, 0.4) is 0 Å². The quantitative estimate of drug-likeness (QED) is 0.816. The van der Waals surface area contributed by atoms with Crippen LogP contribution >= 0.6 is 0 Å². The van der Waals surface area contributed by atoms with Crippen molar-refractivity contribution >= 4 is 6.03 Å². The molecule has 1 aliphatic carbocycles. The minimum Gasteiger partial charge on any atom is -0.379 e. The molecule has 2 rings (SSSR count). The van der Waals surface area contributed by atoms with Gasteiger partial charge in [-0.1, -0.05) is 0 Å². The van der Waals surface area contributed by atoms with Gasteiger partial charge in [-0.3, -0.25) is 0 Å². The van der Waals surface area contributed by atoms with Gasteiger partial charge in [0, 0.05) is 25.5 Å². The van der Waals surface area contributed by atoms with Gasteiger partial charge >= 0.3 is 6.03 Å². The second kappa shape index (κ2) is 5.82. The van der Waals surface area contributed by atoms with E-state index in [1.54, 1.807) is 0 Å². The molecule has 2 amide bonds. The molecule has 18 heavy (non-hydrogen) atoms. The van der Waals surface area contributed by atoms with E-state index in [1.165, 1.54) is 0 Å². The molecule has 0 aromatic rings. The molecule has 104 valence electrons. The van der Waals surface area contributed by atoms with Crippen LogP contribution in [0, 0.1) is 5.92 Å². The summed E-state index contributed by atoms with van der Waals surface area (Å²) in [5, 5.41) is 5.29. The number of nitrogens with one attached hydrogen (secondary N) is 2. The predicted octanol–water partition coefficient (Wildman–Crippen LogP) is 1.90. The Kier molecular flexibility index (Phi) is 4.37. The van der Waals surface area contributed by atoms with Crippen molar-refractivity contribution in [3.05, 3.63) is 0 Å². The first-order chi connectivity index (χ1) is 8.58. The third kappa shape index (κ3) is 3.54. The fourth-order valence-electron chi connectivity index (χ4n) is 2.56. The second-order valence-electron chi connectivity index (χ2n) is 5.12. The number of hydrogen-bond acceptors (Lipinski definition) is 2. The lowest BCUT2D eigenvalue weighted by Gasteiger charge is -2.24. The Hall–Kier alpha value is -0.910. The van der Waals surface area contributed by atoms with Crippen LogP contribution in [0.5, 0.6) is 0 Å². The van der Waals surface area contributed by atoms with E-state index in [0.29, 0.717) is 19.4 Å². The summed E-state index contributed by atoms with van der Waals surface area (Å²) < 4.78 is 31.9. The average Bonchev–Trinajstić information content (AvgIpc) is 2.67. The second-order valence-corrected chi connectivity index (χ2v) is 5.12. The van der Waals surface area contributed by atoms with Gasteiger partial charge in [0.15, 0.2) is 0 Å². The Morgan fingerprint density at radius 1 is 1.33 bits per heavy atom. The maximum Gasteiger partial charge on any atom is 0.315 e. The van der Waals surface area contributed by atoms with Gasteiger partial charge in [-0.2, -0.15) is 0 Å². The molecule has 1 heterocycles. The Balaban J connectivity index is 1.68. The zero-order chi connectivity index (χ0) is 13.0. The smallest absolute Gasteiger partial charge is 0.315 e. The van der Waals surface area contributed by atoms with Gasteiger partial charge in [-0.15, -0.1) is 0 Å². The molecule has 0 spiro atoms. The molecular weight excluding hydrogens is 242 g/mol. The number of hydrogen-bond donors (Lipinski definition) is 2. The number of carbonyl (C=O) groups excluding carboxylic acids is 1. The van der Waals surface area contributed by atoms with Gasteiger partial charge in [0.25, 0.3) is 5.92 Å². The maximum atomic E-state index is 13.3. The zero-order valence-corrected chi connectivity index (χ0v) is 10.4. The van der Waals surface area contributed by atoms with Gasteiger partial charge in [0.2, 0.25) is 0 Å². The van der Waals surface area contributed by atoms with E-state index >= 15 is 0 Å². The van der Waals surface area contributed by atoms with Crippen LogP contribution in [0.15, 0.2) is 0 Å². The highest BCUT2D eigenvalue weighted by Gasteiger charge is 2.43. The third-order valence-corrected chi connectivity index (χ3v) is 3.66. The summed E-state index contributed by atoms with van der Waals surface area (Å²) in [5.74, 6) is -3.34. The van der Waals surface area contributed by atoms with Gasteiger partial charge in [0.05, 0.1) is 12.6 Å². The molecule has 0 bridgehead atoms. The highest BCUT2D eigenvalue weighted by Crippen LogP contribution is 2.39. The lowest BCUT2D eigenvalue weighted by Crippen LogP contribution is -2.47. The zero-order valence-electron chi connectivity index (χ0n) is 10.4. The average molecular weight is 262 g/mol. The fourth-order valence-corrected chi connectivity index (χ4v) is 2.56. The fraction of sp³-hybridized carbons (Fsp3) is 0.917. The molecule has 2 fully saturated rings. The molecule has 6 heteroatoms. The topological polar surface area (TPSA) is 50.4 Å². The van der Waals surface area contributed by atoms with Gasteiger partial charge in [0.1, 0.15) is 0 Å². The SMILES string of the molecule is O=C(NCC1CCCC1(F)F)N[C@H]1CCCOC1. The van der Waals surface area contributed by atoms with Gasteiger partial charge in [-0.05, 0) is 25.7 Å². The van der Waals surface area contributed by atoms with E-state index in [-0.39, 0.29) is 25.0 Å². The lowest BCUT2D eigenvalue weighted by molar-refractivity contribution is -0.0349. The summed E-state index contributed by atoms with van der Waals surface area (Å²) in [6.07, 6.45) is 2.77. The number of halogens is 2. The summed E-state index contributed by atoms with van der Waals surface area (Å²) in [6.45, 7) is 1.29. The molecule has 0 aromatic heterocycles. The molecule has 2 N–H and O–H groups in total. The first-order valence-corrected chi connectivity index (χ1v) is 6.58. The van der Waals surface area contributed by atoms with Crippen molar-refractivity contribution in [1.82, 2.24) is 10.6 Å². The number of urea groups is 1. The number of alkyl halides is 2. The Labute approximate surface area is 105 Å². The van der Waals surface area contributed by atoms with E-state index in [1.807, 2.05) is 0 Å². The largest absolute Gasteiger partial charge is 0.379 e. The van der Waals surface area contributed by atoms with Crippen LogP contribution in [0.25, 0.3) is 0 Å². The molecule has 1 saturated heterocycles. The first-order valence-electron chi connectivity index (χ1n) is 6.58. The number of rotatable bonds is 3. The van der Waals surface area contributed by atoms with Crippen molar-refractivity contribution in [2.75, 3.05) is 19.8 Å². The summed E-state index contributed by atoms with van der Waals surface area (Å²) in [5.41, 5.74) is 0. The van der Waals surface area contributed by atoms with Crippen molar-refractivity contribution in [1.29, 1.82) is 0 Å². The highest BCUT2D eigenvalue weighted by molar-refractivity contribution is 5.74.